The molecule has 1 aromatic carbocycles. The first kappa shape index (κ1) is 10.2. The zero-order valence-electron chi connectivity index (χ0n) is 7.69. The molecule has 14 heavy (non-hydrogen) atoms. The zero-order valence-corrected chi connectivity index (χ0v) is 7.69. The minimum Gasteiger partial charge on any atom is -0.473 e. The molecule has 74 valence electrons. The molecule has 0 spiro atoms. The van der Waals surface area contributed by atoms with Crippen LogP contribution in [0.1, 0.15) is 11.1 Å². The lowest BCUT2D eigenvalue weighted by Gasteiger charge is -2.02. The van der Waals surface area contributed by atoms with Crippen LogP contribution in [0.25, 0.3) is 0 Å². The van der Waals surface area contributed by atoms with E-state index in [0.29, 0.717) is 0 Å². The van der Waals surface area contributed by atoms with Gasteiger partial charge in [0.25, 0.3) is 0 Å². The summed E-state index contributed by atoms with van der Waals surface area (Å²) in [5.74, 6) is -2.80. The van der Waals surface area contributed by atoms with E-state index in [1.807, 2.05) is 25.1 Å². The van der Waals surface area contributed by atoms with Crippen LogP contribution in [-0.4, -0.2) is 17.0 Å². The van der Waals surface area contributed by atoms with Crippen LogP contribution in [0.4, 0.5) is 0 Å². The summed E-state index contributed by atoms with van der Waals surface area (Å²) in [7, 11) is 0. The van der Waals surface area contributed by atoms with Crippen molar-refractivity contribution in [2.45, 2.75) is 13.5 Å². The van der Waals surface area contributed by atoms with Gasteiger partial charge in [-0.3, -0.25) is 0 Å². The van der Waals surface area contributed by atoms with E-state index in [0.717, 1.165) is 11.1 Å². The Hall–Kier alpha value is -1.84. The molecule has 0 aliphatic heterocycles. The maximum atomic E-state index is 10.6. The third-order valence-corrected chi connectivity index (χ3v) is 1.63. The molecule has 0 aromatic heterocycles. The van der Waals surface area contributed by atoms with E-state index >= 15 is 0 Å². The van der Waals surface area contributed by atoms with E-state index in [9.17, 15) is 9.59 Å². The standard InChI is InChI=1S/C10H10O4/c1-7-3-2-4-8(5-7)6-14-10(13)9(11)12/h2-5H,6H2,1H3,(H,11,12). The highest BCUT2D eigenvalue weighted by Gasteiger charge is 2.12. The molecule has 1 N–H and O–H groups in total. The maximum absolute atomic E-state index is 10.6. The summed E-state index contributed by atoms with van der Waals surface area (Å²) in [4.78, 5) is 20.7. The van der Waals surface area contributed by atoms with E-state index in [2.05, 4.69) is 4.74 Å². The Morgan fingerprint density at radius 3 is 2.71 bits per heavy atom. The molecular formula is C10H10O4. The molecule has 0 radical (unpaired) electrons. The van der Waals surface area contributed by atoms with Crippen molar-refractivity contribution in [3.63, 3.8) is 0 Å². The third-order valence-electron chi connectivity index (χ3n) is 1.63. The number of aryl methyl sites for hydroxylation is 1. The monoisotopic (exact) mass is 194 g/mol. The Labute approximate surface area is 81.1 Å². The average Bonchev–Trinajstić information content (AvgIpc) is 2.14. The zero-order chi connectivity index (χ0) is 10.6. The second kappa shape index (κ2) is 4.41. The van der Waals surface area contributed by atoms with Gasteiger partial charge < -0.3 is 9.84 Å². The average molecular weight is 194 g/mol. The molecule has 4 heteroatoms. The van der Waals surface area contributed by atoms with Crippen LogP contribution in [0, 0.1) is 6.92 Å². The van der Waals surface area contributed by atoms with Gasteiger partial charge in [0.15, 0.2) is 0 Å². The highest BCUT2D eigenvalue weighted by atomic mass is 16.6. The van der Waals surface area contributed by atoms with E-state index in [-0.39, 0.29) is 6.61 Å². The highest BCUT2D eigenvalue weighted by molar-refractivity contribution is 6.28. The van der Waals surface area contributed by atoms with Gasteiger partial charge in [-0.1, -0.05) is 29.8 Å². The summed E-state index contributed by atoms with van der Waals surface area (Å²) in [5.41, 5.74) is 1.81. The maximum Gasteiger partial charge on any atom is 0.417 e. The van der Waals surface area contributed by atoms with E-state index < -0.39 is 11.9 Å². The first-order chi connectivity index (χ1) is 6.59. The van der Waals surface area contributed by atoms with Crippen LogP contribution < -0.4 is 0 Å². The molecular weight excluding hydrogens is 184 g/mol. The van der Waals surface area contributed by atoms with Gasteiger partial charge in [0.2, 0.25) is 0 Å². The number of carbonyl (C=O) groups excluding carboxylic acids is 1. The van der Waals surface area contributed by atoms with Crippen molar-refractivity contribution in [2.24, 2.45) is 0 Å². The van der Waals surface area contributed by atoms with Crippen LogP contribution >= 0.6 is 0 Å². The number of rotatable bonds is 2. The molecule has 1 aromatic rings. The van der Waals surface area contributed by atoms with Crippen LogP contribution in [0.2, 0.25) is 0 Å². The van der Waals surface area contributed by atoms with Crippen LogP contribution in [0.15, 0.2) is 24.3 Å². The van der Waals surface area contributed by atoms with Gasteiger partial charge in [-0.05, 0) is 12.5 Å². The Kier molecular flexibility index (Phi) is 3.23. The third kappa shape index (κ3) is 2.90. The number of hydrogen-bond donors (Lipinski definition) is 1. The van der Waals surface area contributed by atoms with Gasteiger partial charge >= 0.3 is 11.9 Å². The number of benzene rings is 1. The molecule has 0 aliphatic rings. The molecule has 4 nitrogen and oxygen atoms in total. The van der Waals surface area contributed by atoms with Gasteiger partial charge in [0.1, 0.15) is 6.61 Å². The van der Waals surface area contributed by atoms with Gasteiger partial charge in [-0.2, -0.15) is 0 Å². The van der Waals surface area contributed by atoms with Crippen molar-refractivity contribution in [1.82, 2.24) is 0 Å². The van der Waals surface area contributed by atoms with E-state index in [1.54, 1.807) is 6.07 Å². The van der Waals surface area contributed by atoms with Crippen LogP contribution in [0.3, 0.4) is 0 Å². The van der Waals surface area contributed by atoms with Crippen molar-refractivity contribution in [1.29, 1.82) is 0 Å². The summed E-state index contributed by atoms with van der Waals surface area (Å²) in [6, 6.07) is 7.32. The first-order valence-electron chi connectivity index (χ1n) is 4.05. The number of hydrogen-bond acceptors (Lipinski definition) is 3. The first-order valence-corrected chi connectivity index (χ1v) is 4.05. The van der Waals surface area contributed by atoms with E-state index in [1.165, 1.54) is 0 Å². The molecule has 0 saturated heterocycles. The van der Waals surface area contributed by atoms with Gasteiger partial charge in [-0.15, -0.1) is 0 Å². The summed E-state index contributed by atoms with van der Waals surface area (Å²) < 4.78 is 4.51. The lowest BCUT2D eigenvalue weighted by Crippen LogP contribution is -2.15. The summed E-state index contributed by atoms with van der Waals surface area (Å²) in [6.45, 7) is 1.90. The molecule has 0 fully saturated rings. The number of ether oxygens (including phenoxy) is 1. The van der Waals surface area contributed by atoms with Crippen LogP contribution in [0.5, 0.6) is 0 Å². The highest BCUT2D eigenvalue weighted by Crippen LogP contribution is 2.05. The number of aliphatic carboxylic acids is 1. The summed E-state index contributed by atoms with van der Waals surface area (Å²) in [5, 5.41) is 8.24. The van der Waals surface area contributed by atoms with E-state index in [4.69, 9.17) is 5.11 Å². The number of carboxylic acids is 1. The molecule has 0 unspecified atom stereocenters. The van der Waals surface area contributed by atoms with Crippen molar-refractivity contribution < 1.29 is 19.4 Å². The fourth-order valence-corrected chi connectivity index (χ4v) is 1.01. The number of esters is 1. The smallest absolute Gasteiger partial charge is 0.417 e. The second-order valence-electron chi connectivity index (χ2n) is 2.87. The number of carbonyl (C=O) groups is 2. The molecule has 0 amide bonds. The molecule has 0 heterocycles. The van der Waals surface area contributed by atoms with Crippen molar-refractivity contribution in [2.75, 3.05) is 0 Å². The normalized spacial score (nSPS) is 9.50. The predicted molar refractivity (Wildman–Crippen MR) is 48.6 cm³/mol. The molecule has 0 atom stereocenters. The predicted octanol–water partition coefficient (Wildman–Crippen LogP) is 1.12. The lowest BCUT2D eigenvalue weighted by molar-refractivity contribution is -0.164. The van der Waals surface area contributed by atoms with Gasteiger partial charge in [-0.25, -0.2) is 9.59 Å². The molecule has 0 bridgehead atoms. The minimum absolute atomic E-state index is 0.00713. The Bertz CT molecular complexity index is 357. The van der Waals surface area contributed by atoms with Gasteiger partial charge in [0.05, 0.1) is 0 Å². The lowest BCUT2D eigenvalue weighted by atomic mass is 10.1. The Balaban J connectivity index is 2.54. The van der Waals surface area contributed by atoms with Crippen molar-refractivity contribution in [3.8, 4) is 0 Å². The van der Waals surface area contributed by atoms with Gasteiger partial charge in [0, 0.05) is 0 Å². The Morgan fingerprint density at radius 1 is 1.43 bits per heavy atom. The molecule has 0 aliphatic carbocycles. The topological polar surface area (TPSA) is 63.6 Å². The fraction of sp³-hybridized carbons (Fsp3) is 0.200. The number of carboxylic acid groups (broad SMARTS) is 1. The van der Waals surface area contributed by atoms with Crippen molar-refractivity contribution in [3.05, 3.63) is 35.4 Å². The molecule has 1 rings (SSSR count). The van der Waals surface area contributed by atoms with Crippen LogP contribution in [-0.2, 0) is 20.9 Å². The van der Waals surface area contributed by atoms with Crippen molar-refractivity contribution >= 4 is 11.9 Å². The Morgan fingerprint density at radius 2 is 2.14 bits per heavy atom. The molecule has 0 saturated carbocycles. The largest absolute Gasteiger partial charge is 0.473 e. The summed E-state index contributed by atoms with van der Waals surface area (Å²) >= 11 is 0. The quantitative estimate of drug-likeness (QED) is 0.566. The fourth-order valence-electron chi connectivity index (χ4n) is 1.01. The SMILES string of the molecule is Cc1cccc(COC(=O)C(=O)O)c1. The second-order valence-corrected chi connectivity index (χ2v) is 2.87. The minimum atomic E-state index is -1.57. The summed E-state index contributed by atoms with van der Waals surface area (Å²) in [6.07, 6.45) is 0.